The van der Waals surface area contributed by atoms with E-state index in [-0.39, 0.29) is 19.0 Å². The first kappa shape index (κ1) is 13.1. The molecule has 100 valence electrons. The first-order chi connectivity index (χ1) is 9.16. The van der Waals surface area contributed by atoms with Crippen molar-refractivity contribution < 1.29 is 18.3 Å². The van der Waals surface area contributed by atoms with Crippen molar-refractivity contribution in [2.24, 2.45) is 0 Å². The molecule has 5 heteroatoms. The smallest absolute Gasteiger partial charge is 0.200 e. The van der Waals surface area contributed by atoms with Crippen LogP contribution >= 0.6 is 0 Å². The van der Waals surface area contributed by atoms with Crippen LogP contribution in [0.5, 0.6) is 11.5 Å². The molecule has 0 saturated heterocycles. The van der Waals surface area contributed by atoms with E-state index in [1.54, 1.807) is 24.3 Å². The van der Waals surface area contributed by atoms with Gasteiger partial charge >= 0.3 is 0 Å². The average molecular weight is 265 g/mol. The van der Waals surface area contributed by atoms with E-state index in [9.17, 15) is 8.78 Å². The Morgan fingerprint density at radius 3 is 2.47 bits per heavy atom. The van der Waals surface area contributed by atoms with Crippen LogP contribution in [-0.4, -0.2) is 13.2 Å². The molecule has 0 aliphatic rings. The van der Waals surface area contributed by atoms with E-state index in [1.807, 2.05) is 0 Å². The number of hydrogen-bond acceptors (Lipinski definition) is 3. The Morgan fingerprint density at radius 2 is 1.68 bits per heavy atom. The lowest BCUT2D eigenvalue weighted by Gasteiger charge is -2.09. The molecular formula is C14H13F2NO2. The zero-order chi connectivity index (χ0) is 13.7. The molecule has 2 aromatic carbocycles. The van der Waals surface area contributed by atoms with Crippen molar-refractivity contribution in [3.63, 3.8) is 0 Å². The highest BCUT2D eigenvalue weighted by Crippen LogP contribution is 2.19. The lowest BCUT2D eigenvalue weighted by Crippen LogP contribution is -2.10. The second-order valence-corrected chi connectivity index (χ2v) is 3.82. The molecule has 0 radical (unpaired) electrons. The molecule has 2 N–H and O–H groups in total. The minimum absolute atomic E-state index is 0.106. The van der Waals surface area contributed by atoms with Crippen LogP contribution in [0, 0.1) is 11.6 Å². The van der Waals surface area contributed by atoms with Gasteiger partial charge in [0, 0.05) is 11.8 Å². The summed E-state index contributed by atoms with van der Waals surface area (Å²) in [6, 6.07) is 10.7. The molecule has 19 heavy (non-hydrogen) atoms. The molecule has 2 aromatic rings. The number of anilines is 1. The predicted molar refractivity (Wildman–Crippen MR) is 68.2 cm³/mol. The molecule has 2 rings (SSSR count). The van der Waals surface area contributed by atoms with Crippen LogP contribution in [0.2, 0.25) is 0 Å². The number of nitrogens with two attached hydrogens (primary N) is 1. The first-order valence-corrected chi connectivity index (χ1v) is 5.72. The Bertz CT molecular complexity index is 561. The van der Waals surface area contributed by atoms with Gasteiger partial charge in [0.2, 0.25) is 5.82 Å². The third kappa shape index (κ3) is 3.58. The van der Waals surface area contributed by atoms with E-state index in [2.05, 4.69) is 0 Å². The summed E-state index contributed by atoms with van der Waals surface area (Å²) >= 11 is 0. The Morgan fingerprint density at radius 1 is 0.947 bits per heavy atom. The fourth-order valence-electron chi connectivity index (χ4n) is 1.51. The summed E-state index contributed by atoms with van der Waals surface area (Å²) in [5, 5.41) is 0. The van der Waals surface area contributed by atoms with Gasteiger partial charge in [0.1, 0.15) is 19.0 Å². The average Bonchev–Trinajstić information content (AvgIpc) is 2.39. The molecule has 0 aromatic heterocycles. The number of ether oxygens (including phenoxy) is 2. The van der Waals surface area contributed by atoms with E-state index in [0.717, 1.165) is 6.07 Å². The Labute approximate surface area is 109 Å². The van der Waals surface area contributed by atoms with Crippen molar-refractivity contribution in [1.29, 1.82) is 0 Å². The van der Waals surface area contributed by atoms with Crippen molar-refractivity contribution in [1.82, 2.24) is 0 Å². The third-order valence-corrected chi connectivity index (χ3v) is 2.38. The van der Waals surface area contributed by atoms with Crippen molar-refractivity contribution >= 4 is 5.69 Å². The van der Waals surface area contributed by atoms with Gasteiger partial charge in [-0.15, -0.1) is 0 Å². The van der Waals surface area contributed by atoms with Gasteiger partial charge in [0.25, 0.3) is 0 Å². The van der Waals surface area contributed by atoms with E-state index >= 15 is 0 Å². The van der Waals surface area contributed by atoms with Crippen LogP contribution in [0.4, 0.5) is 14.5 Å². The lowest BCUT2D eigenvalue weighted by atomic mass is 10.3. The molecule has 0 atom stereocenters. The molecule has 0 saturated carbocycles. The Kier molecular flexibility index (Phi) is 4.18. The van der Waals surface area contributed by atoms with Gasteiger partial charge < -0.3 is 15.2 Å². The van der Waals surface area contributed by atoms with Gasteiger partial charge in [-0.25, -0.2) is 4.39 Å². The highest BCUT2D eigenvalue weighted by molar-refractivity contribution is 5.43. The van der Waals surface area contributed by atoms with Crippen molar-refractivity contribution in [2.45, 2.75) is 0 Å². The van der Waals surface area contributed by atoms with Crippen molar-refractivity contribution in [3.8, 4) is 11.5 Å². The van der Waals surface area contributed by atoms with Crippen LogP contribution < -0.4 is 15.2 Å². The molecule has 0 fully saturated rings. The van der Waals surface area contributed by atoms with Gasteiger partial charge in [-0.1, -0.05) is 12.1 Å². The van der Waals surface area contributed by atoms with Gasteiger partial charge in [-0.3, -0.25) is 0 Å². The summed E-state index contributed by atoms with van der Waals surface area (Å²) in [7, 11) is 0. The van der Waals surface area contributed by atoms with Gasteiger partial charge in [0.05, 0.1) is 0 Å². The zero-order valence-electron chi connectivity index (χ0n) is 10.1. The van der Waals surface area contributed by atoms with Crippen molar-refractivity contribution in [3.05, 3.63) is 54.1 Å². The molecule has 0 unspecified atom stereocenters. The van der Waals surface area contributed by atoms with E-state index in [1.165, 1.54) is 12.1 Å². The number of halogens is 2. The standard InChI is InChI=1S/C14H13F2NO2/c15-12-5-2-6-13(14(12)16)19-8-7-18-11-4-1-3-10(17)9-11/h1-6,9H,7-8,17H2. The largest absolute Gasteiger partial charge is 0.490 e. The molecule has 0 aliphatic heterocycles. The maximum absolute atomic E-state index is 13.2. The highest BCUT2D eigenvalue weighted by atomic mass is 19.2. The van der Waals surface area contributed by atoms with Crippen LogP contribution in [0.3, 0.4) is 0 Å². The molecule has 0 heterocycles. The van der Waals surface area contributed by atoms with Crippen LogP contribution in [-0.2, 0) is 0 Å². The SMILES string of the molecule is Nc1cccc(OCCOc2cccc(F)c2F)c1. The topological polar surface area (TPSA) is 44.5 Å². The highest BCUT2D eigenvalue weighted by Gasteiger charge is 2.08. The van der Waals surface area contributed by atoms with Gasteiger partial charge in [0.15, 0.2) is 11.6 Å². The second-order valence-electron chi connectivity index (χ2n) is 3.82. The lowest BCUT2D eigenvalue weighted by molar-refractivity contribution is 0.210. The number of rotatable bonds is 5. The molecule has 3 nitrogen and oxygen atoms in total. The van der Waals surface area contributed by atoms with Crippen LogP contribution in [0.15, 0.2) is 42.5 Å². The third-order valence-electron chi connectivity index (χ3n) is 2.38. The van der Waals surface area contributed by atoms with Crippen molar-refractivity contribution in [2.75, 3.05) is 18.9 Å². The number of benzene rings is 2. The minimum atomic E-state index is -0.994. The number of nitrogen functional groups attached to an aromatic ring is 1. The predicted octanol–water partition coefficient (Wildman–Crippen LogP) is 3.00. The summed E-state index contributed by atoms with van der Waals surface area (Å²) in [5.41, 5.74) is 6.18. The molecule has 0 spiro atoms. The summed E-state index contributed by atoms with van der Waals surface area (Å²) in [6.45, 7) is 0.314. The van der Waals surface area contributed by atoms with Gasteiger partial charge in [-0.05, 0) is 24.3 Å². The molecule has 0 amide bonds. The van der Waals surface area contributed by atoms with E-state index in [4.69, 9.17) is 15.2 Å². The fraction of sp³-hybridized carbons (Fsp3) is 0.143. The summed E-state index contributed by atoms with van der Waals surface area (Å²) in [6.07, 6.45) is 0. The van der Waals surface area contributed by atoms with Crippen LogP contribution in [0.25, 0.3) is 0 Å². The van der Waals surface area contributed by atoms with Gasteiger partial charge in [-0.2, -0.15) is 4.39 Å². The maximum atomic E-state index is 13.2. The summed E-state index contributed by atoms with van der Waals surface area (Å²) in [4.78, 5) is 0. The summed E-state index contributed by atoms with van der Waals surface area (Å²) in [5.74, 6) is -1.46. The fourth-order valence-corrected chi connectivity index (χ4v) is 1.51. The molecule has 0 aliphatic carbocycles. The summed E-state index contributed by atoms with van der Waals surface area (Å²) < 4.78 is 36.6. The Balaban J connectivity index is 1.82. The minimum Gasteiger partial charge on any atom is -0.490 e. The first-order valence-electron chi connectivity index (χ1n) is 5.72. The van der Waals surface area contributed by atoms with E-state index < -0.39 is 11.6 Å². The monoisotopic (exact) mass is 265 g/mol. The molecular weight excluding hydrogens is 252 g/mol. The zero-order valence-corrected chi connectivity index (χ0v) is 10.1. The van der Waals surface area contributed by atoms with E-state index in [0.29, 0.717) is 11.4 Å². The normalized spacial score (nSPS) is 10.2. The molecule has 0 bridgehead atoms. The maximum Gasteiger partial charge on any atom is 0.200 e. The number of hydrogen-bond donors (Lipinski definition) is 1. The van der Waals surface area contributed by atoms with Crippen LogP contribution in [0.1, 0.15) is 0 Å². The second kappa shape index (κ2) is 6.04. The Hall–Kier alpha value is -2.30. The quantitative estimate of drug-likeness (QED) is 0.667.